The van der Waals surface area contributed by atoms with Gasteiger partial charge in [-0.05, 0) is 43.9 Å². The predicted molar refractivity (Wildman–Crippen MR) is 102 cm³/mol. The molecule has 134 valence electrons. The molecule has 0 aliphatic rings. The van der Waals surface area contributed by atoms with Crippen molar-refractivity contribution < 1.29 is 9.53 Å². The summed E-state index contributed by atoms with van der Waals surface area (Å²) < 4.78 is 5.12. The van der Waals surface area contributed by atoms with Crippen molar-refractivity contribution in [3.63, 3.8) is 0 Å². The Kier molecular flexibility index (Phi) is 7.64. The zero-order chi connectivity index (χ0) is 18.1. The highest BCUT2D eigenvalue weighted by molar-refractivity contribution is 5.96. The zero-order valence-corrected chi connectivity index (χ0v) is 15.4. The lowest BCUT2D eigenvalue weighted by Gasteiger charge is -2.22. The molecule has 2 aromatic carbocycles. The average Bonchev–Trinajstić information content (AvgIpc) is 2.65. The molecule has 0 saturated carbocycles. The topological polar surface area (TPSA) is 32.8 Å². The second-order valence-electron chi connectivity index (χ2n) is 6.43. The van der Waals surface area contributed by atoms with E-state index in [1.807, 2.05) is 30.3 Å². The summed E-state index contributed by atoms with van der Waals surface area (Å²) >= 11 is 0. The number of nitrogens with zero attached hydrogens (tertiary/aromatic N) is 2. The predicted octanol–water partition coefficient (Wildman–Crippen LogP) is 3.33. The molecule has 0 radical (unpaired) electrons. The van der Waals surface area contributed by atoms with Gasteiger partial charge in [0.05, 0.1) is 7.11 Å². The summed E-state index contributed by atoms with van der Waals surface area (Å²) in [6.07, 6.45) is 0.533. The molecule has 0 heterocycles. The Morgan fingerprint density at radius 2 is 1.52 bits per heavy atom. The van der Waals surface area contributed by atoms with E-state index >= 15 is 0 Å². The maximum Gasteiger partial charge on any atom is 0.164 e. The first-order valence-electron chi connectivity index (χ1n) is 8.66. The Hall–Kier alpha value is -2.17. The summed E-state index contributed by atoms with van der Waals surface area (Å²) in [5.41, 5.74) is 2.07. The van der Waals surface area contributed by atoms with Crippen LogP contribution < -0.4 is 4.74 Å². The van der Waals surface area contributed by atoms with Crippen LogP contribution in [0.4, 0.5) is 0 Å². The number of carbonyl (C=O) groups excluding carboxylic acids is 1. The van der Waals surface area contributed by atoms with Gasteiger partial charge in [-0.1, -0.05) is 30.3 Å². The molecule has 0 fully saturated rings. The fourth-order valence-electron chi connectivity index (χ4n) is 2.64. The average molecular weight is 340 g/mol. The quantitative estimate of drug-likeness (QED) is 0.621. The van der Waals surface area contributed by atoms with Crippen LogP contribution in [0.2, 0.25) is 0 Å². The second-order valence-corrected chi connectivity index (χ2v) is 6.43. The minimum absolute atomic E-state index is 0.173. The summed E-state index contributed by atoms with van der Waals surface area (Å²) in [4.78, 5) is 16.8. The highest BCUT2D eigenvalue weighted by atomic mass is 16.5. The molecule has 2 rings (SSSR count). The lowest BCUT2D eigenvalue weighted by molar-refractivity contribution is 0.0967. The Morgan fingerprint density at radius 1 is 0.880 bits per heavy atom. The summed E-state index contributed by atoms with van der Waals surface area (Å²) in [5, 5.41) is 0. The molecule has 0 bridgehead atoms. The molecule has 0 spiro atoms. The van der Waals surface area contributed by atoms with E-state index in [4.69, 9.17) is 4.74 Å². The summed E-state index contributed by atoms with van der Waals surface area (Å²) in [5.74, 6) is 0.947. The van der Waals surface area contributed by atoms with E-state index in [1.54, 1.807) is 7.11 Å². The van der Waals surface area contributed by atoms with Crippen LogP contribution >= 0.6 is 0 Å². The van der Waals surface area contributed by atoms with Crippen LogP contribution in [0.5, 0.6) is 5.75 Å². The second kappa shape index (κ2) is 9.97. The molecule has 0 N–H and O–H groups in total. The van der Waals surface area contributed by atoms with Gasteiger partial charge in [-0.25, -0.2) is 0 Å². The molecule has 0 aliphatic heterocycles. The number of ether oxygens (including phenoxy) is 1. The number of ketones is 1. The van der Waals surface area contributed by atoms with E-state index in [0.29, 0.717) is 6.42 Å². The molecule has 25 heavy (non-hydrogen) atoms. The molecule has 4 heteroatoms. The Morgan fingerprint density at radius 3 is 2.16 bits per heavy atom. The van der Waals surface area contributed by atoms with E-state index < -0.39 is 0 Å². The third-order valence-electron chi connectivity index (χ3n) is 4.29. The monoisotopic (exact) mass is 340 g/mol. The number of rotatable bonds is 10. The standard InChI is InChI=1S/C21H28N2O2/c1-22(15-16-23(2)17-18-7-5-4-6-8-18)14-13-21(24)19-9-11-20(25-3)12-10-19/h4-12H,13-17H2,1-3H3. The lowest BCUT2D eigenvalue weighted by atomic mass is 10.1. The van der Waals surface area contributed by atoms with Gasteiger partial charge in [-0.15, -0.1) is 0 Å². The number of Topliss-reactive ketones (excluding diaryl/α,β-unsaturated/α-hetero) is 1. The molecule has 2 aromatic rings. The summed E-state index contributed by atoms with van der Waals surface area (Å²) in [6, 6.07) is 17.8. The van der Waals surface area contributed by atoms with Crippen molar-refractivity contribution in [2.24, 2.45) is 0 Å². The number of hydrogen-bond acceptors (Lipinski definition) is 4. The van der Waals surface area contributed by atoms with Crippen LogP contribution in [0, 0.1) is 0 Å². The van der Waals surface area contributed by atoms with Crippen molar-refractivity contribution in [1.82, 2.24) is 9.80 Å². The van der Waals surface area contributed by atoms with E-state index in [9.17, 15) is 4.79 Å². The fraction of sp³-hybridized carbons (Fsp3) is 0.381. The van der Waals surface area contributed by atoms with E-state index in [2.05, 4.69) is 48.2 Å². The molecule has 0 unspecified atom stereocenters. The van der Waals surface area contributed by atoms with Crippen molar-refractivity contribution in [3.8, 4) is 5.75 Å². The van der Waals surface area contributed by atoms with Crippen molar-refractivity contribution in [1.29, 1.82) is 0 Å². The maximum absolute atomic E-state index is 12.3. The van der Waals surface area contributed by atoms with Crippen LogP contribution in [-0.4, -0.2) is 56.4 Å². The molecule has 0 aliphatic carbocycles. The number of hydrogen-bond donors (Lipinski definition) is 0. The van der Waals surface area contributed by atoms with Gasteiger partial charge in [0, 0.05) is 38.2 Å². The van der Waals surface area contributed by atoms with Gasteiger partial charge in [0.25, 0.3) is 0 Å². The van der Waals surface area contributed by atoms with E-state index in [0.717, 1.165) is 37.5 Å². The van der Waals surface area contributed by atoms with Gasteiger partial charge >= 0.3 is 0 Å². The van der Waals surface area contributed by atoms with Crippen molar-refractivity contribution in [3.05, 3.63) is 65.7 Å². The van der Waals surface area contributed by atoms with Crippen molar-refractivity contribution in [2.45, 2.75) is 13.0 Å². The van der Waals surface area contributed by atoms with Gasteiger partial charge in [-0.3, -0.25) is 4.79 Å². The highest BCUT2D eigenvalue weighted by Gasteiger charge is 2.09. The third-order valence-corrected chi connectivity index (χ3v) is 4.29. The van der Waals surface area contributed by atoms with Crippen molar-refractivity contribution in [2.75, 3.05) is 40.8 Å². The maximum atomic E-state index is 12.3. The van der Waals surface area contributed by atoms with Crippen LogP contribution in [0.1, 0.15) is 22.3 Å². The van der Waals surface area contributed by atoms with Gasteiger partial charge < -0.3 is 14.5 Å². The minimum atomic E-state index is 0.173. The highest BCUT2D eigenvalue weighted by Crippen LogP contribution is 2.12. The Balaban J connectivity index is 1.69. The van der Waals surface area contributed by atoms with Gasteiger partial charge in [0.1, 0.15) is 5.75 Å². The van der Waals surface area contributed by atoms with E-state index in [-0.39, 0.29) is 5.78 Å². The largest absolute Gasteiger partial charge is 0.497 e. The number of benzene rings is 2. The fourth-order valence-corrected chi connectivity index (χ4v) is 2.64. The summed E-state index contributed by atoms with van der Waals surface area (Å²) in [7, 11) is 5.82. The molecular weight excluding hydrogens is 312 g/mol. The number of likely N-dealkylation sites (N-methyl/N-ethyl adjacent to an activating group) is 2. The molecular formula is C21H28N2O2. The van der Waals surface area contributed by atoms with E-state index in [1.165, 1.54) is 5.56 Å². The van der Waals surface area contributed by atoms with Crippen LogP contribution in [0.3, 0.4) is 0 Å². The van der Waals surface area contributed by atoms with Crippen LogP contribution in [-0.2, 0) is 6.54 Å². The molecule has 0 aromatic heterocycles. The van der Waals surface area contributed by atoms with Crippen LogP contribution in [0.15, 0.2) is 54.6 Å². The molecule has 4 nitrogen and oxygen atoms in total. The Bertz CT molecular complexity index is 641. The lowest BCUT2D eigenvalue weighted by Crippen LogP contribution is -2.31. The first-order chi connectivity index (χ1) is 12.1. The van der Waals surface area contributed by atoms with Crippen molar-refractivity contribution >= 4 is 5.78 Å². The molecule has 0 atom stereocenters. The normalized spacial score (nSPS) is 11.1. The Labute approximate surface area is 151 Å². The first-order valence-corrected chi connectivity index (χ1v) is 8.66. The number of carbonyl (C=O) groups is 1. The zero-order valence-electron chi connectivity index (χ0n) is 15.4. The third kappa shape index (κ3) is 6.69. The molecule has 0 amide bonds. The number of methoxy groups -OCH3 is 1. The van der Waals surface area contributed by atoms with Gasteiger partial charge in [0.2, 0.25) is 0 Å². The SMILES string of the molecule is COc1ccc(C(=O)CCN(C)CCN(C)Cc2ccccc2)cc1. The smallest absolute Gasteiger partial charge is 0.164 e. The van der Waals surface area contributed by atoms with Crippen LogP contribution in [0.25, 0.3) is 0 Å². The first kappa shape index (κ1) is 19.2. The minimum Gasteiger partial charge on any atom is -0.497 e. The van der Waals surface area contributed by atoms with Gasteiger partial charge in [0.15, 0.2) is 5.78 Å². The van der Waals surface area contributed by atoms with Gasteiger partial charge in [-0.2, -0.15) is 0 Å². The molecule has 0 saturated heterocycles. The summed E-state index contributed by atoms with van der Waals surface area (Å²) in [6.45, 7) is 3.63.